The minimum Gasteiger partial charge on any atom is -0.330 e. The number of benzene rings is 1. The van der Waals surface area contributed by atoms with Crippen molar-refractivity contribution in [2.75, 3.05) is 6.54 Å². The van der Waals surface area contributed by atoms with E-state index in [-0.39, 0.29) is 0 Å². The van der Waals surface area contributed by atoms with Crippen LogP contribution in [0.25, 0.3) is 0 Å². The zero-order valence-electron chi connectivity index (χ0n) is 10.5. The Morgan fingerprint density at radius 1 is 1.29 bits per heavy atom. The van der Waals surface area contributed by atoms with Gasteiger partial charge in [0.2, 0.25) is 0 Å². The lowest BCUT2D eigenvalue weighted by Gasteiger charge is -2.33. The minimum absolute atomic E-state index is 0.509. The average molecular weight is 252 g/mol. The third kappa shape index (κ3) is 3.23. The minimum atomic E-state index is 0.509. The molecule has 1 aromatic carbocycles. The summed E-state index contributed by atoms with van der Waals surface area (Å²) in [6, 6.07) is 8.23. The van der Waals surface area contributed by atoms with E-state index in [1.54, 1.807) is 0 Å². The van der Waals surface area contributed by atoms with E-state index in [0.29, 0.717) is 5.92 Å². The first-order chi connectivity index (χ1) is 8.20. The summed E-state index contributed by atoms with van der Waals surface area (Å²) in [6.45, 7) is 3.11. The smallest absolute Gasteiger partial charge is 0.0406 e. The Morgan fingerprint density at radius 2 is 2.00 bits per heavy atom. The van der Waals surface area contributed by atoms with Crippen molar-refractivity contribution in [3.8, 4) is 0 Å². The van der Waals surface area contributed by atoms with Crippen molar-refractivity contribution in [3.63, 3.8) is 0 Å². The van der Waals surface area contributed by atoms with Crippen LogP contribution in [0.3, 0.4) is 0 Å². The molecule has 0 aliphatic heterocycles. The number of rotatable bonds is 3. The Bertz CT molecular complexity index is 346. The molecule has 1 aliphatic rings. The van der Waals surface area contributed by atoms with Gasteiger partial charge in [-0.3, -0.25) is 0 Å². The number of nitrogens with two attached hydrogens (primary N) is 1. The number of hydrogen-bond donors (Lipinski definition) is 1. The first-order valence-corrected chi connectivity index (χ1v) is 7.04. The molecule has 0 bridgehead atoms. The molecule has 1 fully saturated rings. The highest BCUT2D eigenvalue weighted by molar-refractivity contribution is 6.30. The van der Waals surface area contributed by atoms with E-state index in [1.165, 1.54) is 31.2 Å². The van der Waals surface area contributed by atoms with Crippen molar-refractivity contribution in [2.24, 2.45) is 17.6 Å². The molecule has 2 N–H and O–H groups in total. The monoisotopic (exact) mass is 251 g/mol. The van der Waals surface area contributed by atoms with E-state index in [4.69, 9.17) is 17.3 Å². The number of halogens is 1. The maximum Gasteiger partial charge on any atom is 0.0406 e. The summed E-state index contributed by atoms with van der Waals surface area (Å²) in [6.07, 6.45) is 5.39. The summed E-state index contributed by atoms with van der Waals surface area (Å²) in [5, 5.41) is 0.807. The van der Waals surface area contributed by atoms with E-state index < -0.39 is 0 Å². The van der Waals surface area contributed by atoms with E-state index in [2.05, 4.69) is 19.1 Å². The second kappa shape index (κ2) is 5.88. The molecule has 2 heteroatoms. The molecule has 3 atom stereocenters. The van der Waals surface area contributed by atoms with Gasteiger partial charge in [-0.25, -0.2) is 0 Å². The third-order valence-electron chi connectivity index (χ3n) is 4.10. The molecule has 1 aromatic rings. The molecule has 3 unspecified atom stereocenters. The summed E-state index contributed by atoms with van der Waals surface area (Å²) in [4.78, 5) is 0. The van der Waals surface area contributed by atoms with Gasteiger partial charge in [-0.2, -0.15) is 0 Å². The molecule has 0 radical (unpaired) electrons. The molecule has 1 nitrogen and oxygen atoms in total. The molecule has 0 spiro atoms. The van der Waals surface area contributed by atoms with Crippen molar-refractivity contribution in [2.45, 2.75) is 38.5 Å². The third-order valence-corrected chi connectivity index (χ3v) is 4.35. The molecule has 0 heterocycles. The molecule has 1 saturated carbocycles. The van der Waals surface area contributed by atoms with Crippen LogP contribution in [0.4, 0.5) is 0 Å². The Balaban J connectivity index is 2.12. The highest BCUT2D eigenvalue weighted by Gasteiger charge is 2.26. The maximum absolute atomic E-state index is 5.99. The fraction of sp³-hybridized carbons (Fsp3) is 0.600. The molecule has 17 heavy (non-hydrogen) atoms. The van der Waals surface area contributed by atoms with Crippen LogP contribution in [-0.2, 0) is 0 Å². The Morgan fingerprint density at radius 3 is 2.59 bits per heavy atom. The Labute approximate surface area is 109 Å². The predicted octanol–water partition coefficient (Wildman–Crippen LogP) is 4.21. The summed E-state index contributed by atoms with van der Waals surface area (Å²) in [5.41, 5.74) is 7.34. The SMILES string of the molecule is CC1CCCC(C(CN)c2ccc(Cl)cc2)C1. The topological polar surface area (TPSA) is 26.0 Å². The van der Waals surface area contributed by atoms with Crippen molar-refractivity contribution in [1.82, 2.24) is 0 Å². The fourth-order valence-corrected chi connectivity index (χ4v) is 3.28. The second-order valence-electron chi connectivity index (χ2n) is 5.43. The van der Waals surface area contributed by atoms with Crippen molar-refractivity contribution in [1.29, 1.82) is 0 Å². The van der Waals surface area contributed by atoms with Crippen LogP contribution in [0.5, 0.6) is 0 Å². The molecular formula is C15H22ClN. The fourth-order valence-electron chi connectivity index (χ4n) is 3.16. The Kier molecular flexibility index (Phi) is 4.47. The lowest BCUT2D eigenvalue weighted by atomic mass is 9.73. The van der Waals surface area contributed by atoms with Gasteiger partial charge < -0.3 is 5.73 Å². The van der Waals surface area contributed by atoms with Gasteiger partial charge in [-0.05, 0) is 54.8 Å². The zero-order valence-corrected chi connectivity index (χ0v) is 11.3. The molecule has 0 amide bonds. The molecule has 0 saturated heterocycles. The zero-order chi connectivity index (χ0) is 12.3. The Hall–Kier alpha value is -0.530. The van der Waals surface area contributed by atoms with Gasteiger partial charge in [0, 0.05) is 5.02 Å². The van der Waals surface area contributed by atoms with E-state index in [1.807, 2.05) is 12.1 Å². The van der Waals surface area contributed by atoms with Gasteiger partial charge in [0.05, 0.1) is 0 Å². The van der Waals surface area contributed by atoms with E-state index >= 15 is 0 Å². The summed E-state index contributed by atoms with van der Waals surface area (Å²) in [7, 11) is 0. The van der Waals surface area contributed by atoms with Gasteiger partial charge in [0.15, 0.2) is 0 Å². The second-order valence-corrected chi connectivity index (χ2v) is 5.86. The van der Waals surface area contributed by atoms with Gasteiger partial charge in [0.1, 0.15) is 0 Å². The van der Waals surface area contributed by atoms with E-state index in [9.17, 15) is 0 Å². The van der Waals surface area contributed by atoms with Crippen molar-refractivity contribution >= 4 is 11.6 Å². The lowest BCUT2D eigenvalue weighted by Crippen LogP contribution is -2.26. The van der Waals surface area contributed by atoms with Crippen LogP contribution >= 0.6 is 11.6 Å². The van der Waals surface area contributed by atoms with Crippen LogP contribution in [0.2, 0.25) is 5.02 Å². The van der Waals surface area contributed by atoms with Gasteiger partial charge in [-0.1, -0.05) is 43.5 Å². The van der Waals surface area contributed by atoms with Crippen molar-refractivity contribution in [3.05, 3.63) is 34.9 Å². The van der Waals surface area contributed by atoms with Crippen LogP contribution in [-0.4, -0.2) is 6.54 Å². The summed E-state index contributed by atoms with van der Waals surface area (Å²) in [5.74, 6) is 2.12. The molecule has 94 valence electrons. The van der Waals surface area contributed by atoms with E-state index in [0.717, 1.165) is 23.4 Å². The number of hydrogen-bond acceptors (Lipinski definition) is 1. The van der Waals surface area contributed by atoms with Gasteiger partial charge in [0.25, 0.3) is 0 Å². The summed E-state index contributed by atoms with van der Waals surface area (Å²) >= 11 is 5.94. The largest absolute Gasteiger partial charge is 0.330 e. The van der Waals surface area contributed by atoms with Crippen molar-refractivity contribution < 1.29 is 0 Å². The molecular weight excluding hydrogens is 230 g/mol. The normalized spacial score (nSPS) is 26.8. The molecule has 2 rings (SSSR count). The molecule has 0 aromatic heterocycles. The first-order valence-electron chi connectivity index (χ1n) is 6.66. The summed E-state index contributed by atoms with van der Waals surface area (Å²) < 4.78 is 0. The standard InChI is InChI=1S/C15H22ClN/c1-11-3-2-4-13(9-11)15(10-17)12-5-7-14(16)8-6-12/h5-8,11,13,15H,2-4,9-10,17H2,1H3. The lowest BCUT2D eigenvalue weighted by molar-refractivity contribution is 0.248. The van der Waals surface area contributed by atoms with Gasteiger partial charge in [-0.15, -0.1) is 0 Å². The predicted molar refractivity (Wildman–Crippen MR) is 74.4 cm³/mol. The maximum atomic E-state index is 5.99. The van der Waals surface area contributed by atoms with Crippen LogP contribution < -0.4 is 5.73 Å². The highest BCUT2D eigenvalue weighted by atomic mass is 35.5. The van der Waals surface area contributed by atoms with Crippen LogP contribution in [0.15, 0.2) is 24.3 Å². The van der Waals surface area contributed by atoms with Gasteiger partial charge >= 0.3 is 0 Å². The van der Waals surface area contributed by atoms with Crippen LogP contribution in [0.1, 0.15) is 44.1 Å². The quantitative estimate of drug-likeness (QED) is 0.856. The highest BCUT2D eigenvalue weighted by Crippen LogP contribution is 2.38. The van der Waals surface area contributed by atoms with Crippen LogP contribution in [0, 0.1) is 11.8 Å². The molecule has 1 aliphatic carbocycles. The average Bonchev–Trinajstić information content (AvgIpc) is 2.33. The first kappa shape index (κ1) is 12.9.